The Morgan fingerprint density at radius 1 is 1.54 bits per heavy atom. The number of halogens is 2. The van der Waals surface area contributed by atoms with E-state index in [-0.39, 0.29) is 24.7 Å². The van der Waals surface area contributed by atoms with Gasteiger partial charge in [-0.3, -0.25) is 10.5 Å². The van der Waals surface area contributed by atoms with Crippen LogP contribution in [0.2, 0.25) is 0 Å². The van der Waals surface area contributed by atoms with Crippen LogP contribution in [0.5, 0.6) is 0 Å². The molecule has 1 aliphatic heterocycles. The molecule has 1 atom stereocenters. The van der Waals surface area contributed by atoms with Crippen LogP contribution in [0.25, 0.3) is 0 Å². The third-order valence-corrected chi connectivity index (χ3v) is 2.85. The van der Waals surface area contributed by atoms with Gasteiger partial charge in [-0.2, -0.15) is 0 Å². The first-order valence-electron chi connectivity index (χ1n) is 4.24. The van der Waals surface area contributed by atoms with Gasteiger partial charge in [-0.25, -0.2) is 8.78 Å². The average Bonchev–Trinajstić information content (AvgIpc) is 2.29. The summed E-state index contributed by atoms with van der Waals surface area (Å²) in [6, 6.07) is 0. The van der Waals surface area contributed by atoms with E-state index < -0.39 is 11.8 Å². The molecule has 0 aliphatic carbocycles. The first kappa shape index (κ1) is 10.2. The van der Waals surface area contributed by atoms with Gasteiger partial charge in [-0.1, -0.05) is 13.8 Å². The zero-order valence-electron chi connectivity index (χ0n) is 7.76. The summed E-state index contributed by atoms with van der Waals surface area (Å²) in [6.45, 7) is 3.20. The number of alkyl halides is 2. The van der Waals surface area contributed by atoms with E-state index >= 15 is 0 Å². The summed E-state index contributed by atoms with van der Waals surface area (Å²) >= 11 is 0. The number of amidine groups is 1. The monoisotopic (exact) mass is 192 g/mol. The Kier molecular flexibility index (Phi) is 2.45. The van der Waals surface area contributed by atoms with Crippen molar-refractivity contribution in [3.63, 3.8) is 0 Å². The maximum absolute atomic E-state index is 12.8. The summed E-state index contributed by atoms with van der Waals surface area (Å²) in [5, 5.41) is 11.0. The zero-order chi connectivity index (χ0) is 10.2. The number of hydroxylamine groups is 1. The van der Waals surface area contributed by atoms with Crippen LogP contribution in [-0.4, -0.2) is 23.5 Å². The van der Waals surface area contributed by atoms with Gasteiger partial charge in [0.05, 0.1) is 18.4 Å². The summed E-state index contributed by atoms with van der Waals surface area (Å²) in [4.78, 5) is 0. The first-order valence-corrected chi connectivity index (χ1v) is 4.24. The number of nitrogens with zero attached hydrogens (tertiary/aromatic N) is 1. The van der Waals surface area contributed by atoms with Crippen LogP contribution < -0.4 is 5.73 Å². The number of hydrogen-bond donors (Lipinski definition) is 1. The smallest absolute Gasteiger partial charge is 0.248 e. The molecule has 1 heterocycles. The fourth-order valence-electron chi connectivity index (χ4n) is 1.64. The highest BCUT2D eigenvalue weighted by atomic mass is 19.3. The zero-order valence-corrected chi connectivity index (χ0v) is 7.76. The van der Waals surface area contributed by atoms with E-state index in [2.05, 4.69) is 0 Å². The second-order valence-electron chi connectivity index (χ2n) is 3.89. The van der Waals surface area contributed by atoms with Crippen LogP contribution in [0.15, 0.2) is 0 Å². The van der Waals surface area contributed by atoms with Gasteiger partial charge in [-0.15, -0.1) is 0 Å². The van der Waals surface area contributed by atoms with Gasteiger partial charge in [0.25, 0.3) is 0 Å². The Bertz CT molecular complexity index is 214. The highest BCUT2D eigenvalue weighted by molar-refractivity contribution is 5.77. The van der Waals surface area contributed by atoms with Crippen LogP contribution in [0.1, 0.15) is 20.3 Å². The second kappa shape index (κ2) is 3.12. The predicted molar refractivity (Wildman–Crippen MR) is 45.6 cm³/mol. The number of rotatable bonds is 2. The molecule has 5 heteroatoms. The number of nitrogens with two attached hydrogens (primary N) is 1. The van der Waals surface area contributed by atoms with Gasteiger partial charge < -0.3 is 5.21 Å². The van der Waals surface area contributed by atoms with Crippen molar-refractivity contribution >= 4 is 5.84 Å². The Balaban J connectivity index is 2.89. The molecule has 0 saturated heterocycles. The van der Waals surface area contributed by atoms with Crippen molar-refractivity contribution in [1.29, 1.82) is 0 Å². The SMILES string of the molecule is CC(C)C1(C(F)F)CC(N)=[N+]([O-])C1. The maximum Gasteiger partial charge on any atom is 0.248 e. The third-order valence-electron chi connectivity index (χ3n) is 2.85. The first-order chi connectivity index (χ1) is 5.90. The molecule has 76 valence electrons. The van der Waals surface area contributed by atoms with Crippen LogP contribution in [0, 0.1) is 16.5 Å². The van der Waals surface area contributed by atoms with Crippen molar-refractivity contribution in [2.75, 3.05) is 6.54 Å². The quantitative estimate of drug-likeness (QED) is 0.527. The van der Waals surface area contributed by atoms with Crippen molar-refractivity contribution in [2.24, 2.45) is 17.1 Å². The summed E-state index contributed by atoms with van der Waals surface area (Å²) in [5.41, 5.74) is 4.08. The molecule has 0 amide bonds. The summed E-state index contributed by atoms with van der Waals surface area (Å²) in [5.74, 6) is -0.223. The normalized spacial score (nSPS) is 29.4. The molecule has 0 aromatic rings. The largest absolute Gasteiger partial charge is 0.715 e. The Labute approximate surface area is 75.8 Å². The minimum absolute atomic E-state index is 0.00579. The van der Waals surface area contributed by atoms with Crippen LogP contribution in [-0.2, 0) is 0 Å². The van der Waals surface area contributed by atoms with Crippen molar-refractivity contribution < 1.29 is 13.5 Å². The lowest BCUT2D eigenvalue weighted by Gasteiger charge is -2.30. The number of hydrogen-bond acceptors (Lipinski definition) is 2. The summed E-state index contributed by atoms with van der Waals surface area (Å²) in [7, 11) is 0. The molecule has 0 saturated carbocycles. The average molecular weight is 192 g/mol. The molecular formula is C8H14F2N2O. The Morgan fingerprint density at radius 2 is 2.08 bits per heavy atom. The molecule has 0 aromatic heterocycles. The Morgan fingerprint density at radius 3 is 2.23 bits per heavy atom. The highest BCUT2D eigenvalue weighted by Crippen LogP contribution is 2.40. The van der Waals surface area contributed by atoms with E-state index in [0.717, 1.165) is 0 Å². The van der Waals surface area contributed by atoms with Crippen molar-refractivity contribution in [1.82, 2.24) is 0 Å². The van der Waals surface area contributed by atoms with E-state index in [1.54, 1.807) is 13.8 Å². The van der Waals surface area contributed by atoms with Gasteiger partial charge in [0.15, 0.2) is 0 Å². The van der Waals surface area contributed by atoms with E-state index in [9.17, 15) is 14.0 Å². The molecule has 0 aromatic carbocycles. The summed E-state index contributed by atoms with van der Waals surface area (Å²) < 4.78 is 26.0. The highest BCUT2D eigenvalue weighted by Gasteiger charge is 2.50. The fraction of sp³-hybridized carbons (Fsp3) is 0.875. The predicted octanol–water partition coefficient (Wildman–Crippen LogP) is 1.17. The van der Waals surface area contributed by atoms with Crippen molar-refractivity contribution in [3.05, 3.63) is 5.21 Å². The molecule has 0 radical (unpaired) electrons. The standard InChI is InChI=1S/C8H14F2N2O/c1-5(2)8(7(9)10)3-6(11)12(13)4-8/h5,7H,3-4,11H2,1-2H3. The molecular weight excluding hydrogens is 178 g/mol. The third kappa shape index (κ3) is 1.47. The molecule has 0 fully saturated rings. The molecule has 2 N–H and O–H groups in total. The maximum atomic E-state index is 12.8. The topological polar surface area (TPSA) is 52.1 Å². The molecule has 13 heavy (non-hydrogen) atoms. The van der Waals surface area contributed by atoms with E-state index in [1.165, 1.54) is 0 Å². The molecule has 1 unspecified atom stereocenters. The van der Waals surface area contributed by atoms with E-state index in [0.29, 0.717) is 4.74 Å². The molecule has 3 nitrogen and oxygen atoms in total. The van der Waals surface area contributed by atoms with E-state index in [4.69, 9.17) is 5.73 Å². The van der Waals surface area contributed by atoms with Gasteiger partial charge >= 0.3 is 0 Å². The molecule has 0 bridgehead atoms. The fourth-order valence-corrected chi connectivity index (χ4v) is 1.64. The van der Waals surface area contributed by atoms with Crippen molar-refractivity contribution in [2.45, 2.75) is 26.7 Å². The second-order valence-corrected chi connectivity index (χ2v) is 3.89. The van der Waals surface area contributed by atoms with E-state index in [1.807, 2.05) is 0 Å². The molecule has 0 spiro atoms. The van der Waals surface area contributed by atoms with Crippen molar-refractivity contribution in [3.8, 4) is 0 Å². The lowest BCUT2D eigenvalue weighted by molar-refractivity contribution is -0.468. The minimum atomic E-state index is -2.50. The molecule has 1 aliphatic rings. The Hall–Kier alpha value is -0.870. The van der Waals surface area contributed by atoms with Crippen LogP contribution in [0.3, 0.4) is 0 Å². The van der Waals surface area contributed by atoms with Crippen LogP contribution >= 0.6 is 0 Å². The van der Waals surface area contributed by atoms with Gasteiger partial charge in [0.1, 0.15) is 0 Å². The van der Waals surface area contributed by atoms with Gasteiger partial charge in [0, 0.05) is 0 Å². The summed E-state index contributed by atoms with van der Waals surface area (Å²) in [6.07, 6.45) is -2.49. The molecule has 1 rings (SSSR count). The van der Waals surface area contributed by atoms with Gasteiger partial charge in [-0.05, 0) is 5.92 Å². The van der Waals surface area contributed by atoms with Gasteiger partial charge in [0.2, 0.25) is 12.3 Å². The lowest BCUT2D eigenvalue weighted by Crippen LogP contribution is -2.38. The minimum Gasteiger partial charge on any atom is -0.715 e. The lowest BCUT2D eigenvalue weighted by atomic mass is 9.76. The van der Waals surface area contributed by atoms with Crippen LogP contribution in [0.4, 0.5) is 8.78 Å².